The van der Waals surface area contributed by atoms with E-state index in [1.165, 1.54) is 0 Å². The van der Waals surface area contributed by atoms with E-state index in [2.05, 4.69) is 42.1 Å². The van der Waals surface area contributed by atoms with Crippen molar-refractivity contribution in [2.75, 3.05) is 5.75 Å². The van der Waals surface area contributed by atoms with Gasteiger partial charge in [0.2, 0.25) is 5.89 Å². The van der Waals surface area contributed by atoms with Crippen LogP contribution >= 0.6 is 43.6 Å². The van der Waals surface area contributed by atoms with Crippen LogP contribution in [0.1, 0.15) is 0 Å². The number of rotatable bonds is 4. The van der Waals surface area contributed by atoms with Gasteiger partial charge in [-0.1, -0.05) is 27.7 Å². The Kier molecular flexibility index (Phi) is 4.41. The lowest BCUT2D eigenvalue weighted by Gasteiger charge is -1.99. The quantitative estimate of drug-likeness (QED) is 0.801. The van der Waals surface area contributed by atoms with Crippen LogP contribution < -0.4 is 0 Å². The molecule has 5 nitrogen and oxygen atoms in total. The third-order valence-corrected chi connectivity index (χ3v) is 3.84. The first-order valence-corrected chi connectivity index (χ1v) is 7.27. The van der Waals surface area contributed by atoms with Crippen molar-refractivity contribution in [3.63, 3.8) is 0 Å². The number of benzene rings is 1. The molecule has 1 N–H and O–H groups in total. The zero-order chi connectivity index (χ0) is 13.1. The molecule has 0 radical (unpaired) electrons. The zero-order valence-electron chi connectivity index (χ0n) is 8.76. The monoisotopic (exact) mass is 392 g/mol. The van der Waals surface area contributed by atoms with E-state index in [1.807, 2.05) is 18.2 Å². The van der Waals surface area contributed by atoms with Gasteiger partial charge in [0.05, 0.1) is 5.56 Å². The van der Waals surface area contributed by atoms with Gasteiger partial charge in [-0.2, -0.15) is 0 Å². The highest BCUT2D eigenvalue weighted by Gasteiger charge is 2.13. The number of carbonyl (C=O) groups is 1. The Morgan fingerprint density at radius 3 is 2.83 bits per heavy atom. The van der Waals surface area contributed by atoms with E-state index in [4.69, 9.17) is 9.52 Å². The lowest BCUT2D eigenvalue weighted by atomic mass is 10.2. The molecule has 1 aromatic heterocycles. The molecule has 0 fully saturated rings. The molecule has 0 aliphatic carbocycles. The molecule has 0 amide bonds. The maximum atomic E-state index is 10.4. The fourth-order valence-electron chi connectivity index (χ4n) is 1.16. The first kappa shape index (κ1) is 13.6. The summed E-state index contributed by atoms with van der Waals surface area (Å²) in [5.41, 5.74) is 0.757. The molecule has 2 aromatic rings. The predicted molar refractivity (Wildman–Crippen MR) is 73.5 cm³/mol. The third-order valence-electron chi connectivity index (χ3n) is 1.89. The lowest BCUT2D eigenvalue weighted by molar-refractivity contribution is -0.133. The number of halogens is 2. The second-order valence-electron chi connectivity index (χ2n) is 3.18. The molecular formula is C10H6Br2N2O3S. The molecule has 0 spiro atoms. The zero-order valence-corrected chi connectivity index (χ0v) is 12.7. The van der Waals surface area contributed by atoms with E-state index in [-0.39, 0.29) is 11.0 Å². The molecule has 94 valence electrons. The Bertz CT molecular complexity index is 588. The summed E-state index contributed by atoms with van der Waals surface area (Å²) < 4.78 is 7.12. The number of nitrogens with zero attached hydrogens (tertiary/aromatic N) is 2. The van der Waals surface area contributed by atoms with Crippen molar-refractivity contribution < 1.29 is 14.3 Å². The molecule has 0 bridgehead atoms. The highest BCUT2D eigenvalue weighted by molar-refractivity contribution is 9.11. The molecule has 0 aliphatic rings. The summed E-state index contributed by atoms with van der Waals surface area (Å²) in [6.45, 7) is 0. The van der Waals surface area contributed by atoms with Gasteiger partial charge in [-0.3, -0.25) is 4.79 Å². The van der Waals surface area contributed by atoms with Crippen molar-refractivity contribution in [2.45, 2.75) is 5.22 Å². The Morgan fingerprint density at radius 1 is 1.39 bits per heavy atom. The van der Waals surface area contributed by atoms with Gasteiger partial charge in [0.25, 0.3) is 5.22 Å². The fourth-order valence-corrected chi connectivity index (χ4v) is 2.86. The van der Waals surface area contributed by atoms with E-state index in [1.54, 1.807) is 0 Å². The first-order valence-electron chi connectivity index (χ1n) is 4.70. The number of hydrogen-bond donors (Lipinski definition) is 1. The molecule has 0 atom stereocenters. The maximum absolute atomic E-state index is 10.4. The van der Waals surface area contributed by atoms with E-state index in [0.29, 0.717) is 5.89 Å². The first-order chi connectivity index (χ1) is 8.56. The van der Waals surface area contributed by atoms with Crippen LogP contribution in [0.15, 0.2) is 36.8 Å². The molecule has 2 rings (SSSR count). The summed E-state index contributed by atoms with van der Waals surface area (Å²) >= 11 is 7.73. The lowest BCUT2D eigenvalue weighted by Crippen LogP contribution is -1.97. The molecule has 8 heteroatoms. The van der Waals surface area contributed by atoms with Gasteiger partial charge in [0.15, 0.2) is 0 Å². The van der Waals surface area contributed by atoms with Crippen molar-refractivity contribution in [1.82, 2.24) is 10.2 Å². The summed E-state index contributed by atoms with van der Waals surface area (Å²) in [5, 5.41) is 16.4. The number of hydrogen-bond acceptors (Lipinski definition) is 5. The summed E-state index contributed by atoms with van der Waals surface area (Å²) in [7, 11) is 0. The van der Waals surface area contributed by atoms with Crippen molar-refractivity contribution in [3.05, 3.63) is 27.1 Å². The SMILES string of the molecule is O=C(O)CSc1nnc(-c2ccc(Br)cc2Br)o1. The van der Waals surface area contributed by atoms with Gasteiger partial charge >= 0.3 is 5.97 Å². The fraction of sp³-hybridized carbons (Fsp3) is 0.100. The van der Waals surface area contributed by atoms with Gasteiger partial charge in [-0.25, -0.2) is 0 Å². The minimum Gasteiger partial charge on any atom is -0.481 e. The van der Waals surface area contributed by atoms with Crippen LogP contribution in [-0.4, -0.2) is 27.0 Å². The van der Waals surface area contributed by atoms with Crippen LogP contribution in [0.2, 0.25) is 0 Å². The van der Waals surface area contributed by atoms with Crippen LogP contribution in [0.3, 0.4) is 0 Å². The Balaban J connectivity index is 2.21. The number of thioether (sulfide) groups is 1. The average molecular weight is 394 g/mol. The van der Waals surface area contributed by atoms with Crippen molar-refractivity contribution in [3.8, 4) is 11.5 Å². The largest absolute Gasteiger partial charge is 0.481 e. The molecule has 18 heavy (non-hydrogen) atoms. The molecule has 0 unspecified atom stereocenters. The van der Waals surface area contributed by atoms with E-state index in [9.17, 15) is 4.79 Å². The number of carboxylic acid groups (broad SMARTS) is 1. The number of carboxylic acids is 1. The van der Waals surface area contributed by atoms with Gasteiger partial charge in [0.1, 0.15) is 5.75 Å². The summed E-state index contributed by atoms with van der Waals surface area (Å²) in [6, 6.07) is 5.55. The van der Waals surface area contributed by atoms with E-state index >= 15 is 0 Å². The van der Waals surface area contributed by atoms with Gasteiger partial charge < -0.3 is 9.52 Å². The molecule has 0 saturated heterocycles. The summed E-state index contributed by atoms with van der Waals surface area (Å²) in [4.78, 5) is 10.4. The Labute approximate surface area is 123 Å². The third kappa shape index (κ3) is 3.33. The minimum atomic E-state index is -0.926. The van der Waals surface area contributed by atoms with Crippen LogP contribution in [0.5, 0.6) is 0 Å². The second kappa shape index (κ2) is 5.85. The van der Waals surface area contributed by atoms with E-state index in [0.717, 1.165) is 26.3 Å². The molecule has 0 aliphatic heterocycles. The Hall–Kier alpha value is -0.860. The van der Waals surface area contributed by atoms with Crippen molar-refractivity contribution in [1.29, 1.82) is 0 Å². The highest BCUT2D eigenvalue weighted by atomic mass is 79.9. The van der Waals surface area contributed by atoms with Crippen molar-refractivity contribution >= 4 is 49.6 Å². The summed E-state index contributed by atoms with van der Waals surface area (Å²) in [5.74, 6) is -0.685. The van der Waals surface area contributed by atoms with Crippen LogP contribution in [0, 0.1) is 0 Å². The standard InChI is InChI=1S/C10H6Br2N2O3S/c11-5-1-2-6(7(12)3-5)9-13-14-10(17-9)18-4-8(15)16/h1-3H,4H2,(H,15,16). The minimum absolute atomic E-state index is 0.108. The average Bonchev–Trinajstić information content (AvgIpc) is 2.75. The highest BCUT2D eigenvalue weighted by Crippen LogP contribution is 2.31. The number of aliphatic carboxylic acids is 1. The van der Waals surface area contributed by atoms with Gasteiger partial charge in [-0.15, -0.1) is 10.2 Å². The topological polar surface area (TPSA) is 76.2 Å². The van der Waals surface area contributed by atoms with E-state index < -0.39 is 5.97 Å². The smallest absolute Gasteiger partial charge is 0.314 e. The normalized spacial score (nSPS) is 10.6. The molecule has 1 aromatic carbocycles. The maximum Gasteiger partial charge on any atom is 0.314 e. The molecule has 1 heterocycles. The summed E-state index contributed by atoms with van der Waals surface area (Å²) in [6.07, 6.45) is 0. The van der Waals surface area contributed by atoms with Crippen molar-refractivity contribution in [2.24, 2.45) is 0 Å². The number of aromatic nitrogens is 2. The Morgan fingerprint density at radius 2 is 2.17 bits per heavy atom. The van der Waals surface area contributed by atoms with Crippen LogP contribution in [0.4, 0.5) is 0 Å². The second-order valence-corrected chi connectivity index (χ2v) is 5.88. The van der Waals surface area contributed by atoms with Crippen LogP contribution in [-0.2, 0) is 4.79 Å². The molecule has 0 saturated carbocycles. The van der Waals surface area contributed by atoms with Gasteiger partial charge in [0, 0.05) is 8.95 Å². The molecular weight excluding hydrogens is 388 g/mol. The predicted octanol–water partition coefficient (Wildman–Crippen LogP) is 3.44. The van der Waals surface area contributed by atoms with Crippen LogP contribution in [0.25, 0.3) is 11.5 Å². The van der Waals surface area contributed by atoms with Gasteiger partial charge in [-0.05, 0) is 34.1 Å².